The van der Waals surface area contributed by atoms with Crippen LogP contribution in [0.25, 0.3) is 11.1 Å². The van der Waals surface area contributed by atoms with Crippen LogP contribution in [-0.4, -0.2) is 108 Å². The summed E-state index contributed by atoms with van der Waals surface area (Å²) in [5.41, 5.74) is 8.06. The van der Waals surface area contributed by atoms with Crippen molar-refractivity contribution in [1.29, 1.82) is 0 Å². The second kappa shape index (κ2) is 27.7. The zero-order chi connectivity index (χ0) is 49.6. The highest BCUT2D eigenvalue weighted by molar-refractivity contribution is 5.99. The van der Waals surface area contributed by atoms with Crippen molar-refractivity contribution in [2.24, 2.45) is 11.7 Å². The average Bonchev–Trinajstić information content (AvgIpc) is 3.23. The molecule has 0 spiro atoms. The van der Waals surface area contributed by atoms with E-state index in [4.69, 9.17) is 19.9 Å². The fraction of sp³-hybridized carbons (Fsp3) is 0.604. The molecule has 0 aromatic heterocycles. The van der Waals surface area contributed by atoms with Gasteiger partial charge in [-0.1, -0.05) is 63.6 Å². The quantitative estimate of drug-likeness (QED) is 0.0441. The SMILES string of the molecule is CCCCc1ccc(-c2ccc(C(=O)N[C@@H](CCCNC(=O)OC(C)(C)C)C(=O)N[C@H](C(=O)N[C@@H](N)C(=O)N[C@@H](CCCCNC(=O)OC(C)(C)C)C(=O)O)[C@@H](C)OCC(C)C)cc2)cc1. The highest BCUT2D eigenvalue weighted by Crippen LogP contribution is 2.21. The Labute approximate surface area is 390 Å². The second-order valence-electron chi connectivity index (χ2n) is 18.7. The molecule has 2 rings (SSSR count). The minimum absolute atomic E-state index is 0.00593. The van der Waals surface area contributed by atoms with E-state index in [2.05, 4.69) is 51.0 Å². The van der Waals surface area contributed by atoms with Crippen molar-refractivity contribution >= 4 is 41.8 Å². The first-order chi connectivity index (χ1) is 30.9. The van der Waals surface area contributed by atoms with Gasteiger partial charge in [-0.05, 0) is 128 Å². The Kier molecular flexibility index (Phi) is 23.6. The van der Waals surface area contributed by atoms with Crippen LogP contribution < -0.4 is 37.6 Å². The third-order valence-corrected chi connectivity index (χ3v) is 9.74. The summed E-state index contributed by atoms with van der Waals surface area (Å²) in [4.78, 5) is 91.0. The lowest BCUT2D eigenvalue weighted by molar-refractivity contribution is -0.142. The van der Waals surface area contributed by atoms with Gasteiger partial charge >= 0.3 is 18.2 Å². The Bertz CT molecular complexity index is 1880. The first-order valence-electron chi connectivity index (χ1n) is 22.8. The lowest BCUT2D eigenvalue weighted by Crippen LogP contribution is -2.62. The van der Waals surface area contributed by atoms with Gasteiger partial charge in [0, 0.05) is 25.3 Å². The Morgan fingerprint density at radius 2 is 1.17 bits per heavy atom. The lowest BCUT2D eigenvalue weighted by Gasteiger charge is -2.29. The first kappa shape index (κ1) is 56.4. The largest absolute Gasteiger partial charge is 0.480 e. The number of rotatable bonds is 26. The van der Waals surface area contributed by atoms with Crippen molar-refractivity contribution in [3.63, 3.8) is 0 Å². The molecule has 6 amide bonds. The van der Waals surface area contributed by atoms with Crippen molar-refractivity contribution in [3.05, 3.63) is 59.7 Å². The maximum Gasteiger partial charge on any atom is 0.407 e. The van der Waals surface area contributed by atoms with Gasteiger partial charge in [0.15, 0.2) is 6.17 Å². The number of unbranched alkanes of at least 4 members (excludes halogenated alkanes) is 2. The number of benzene rings is 2. The Morgan fingerprint density at radius 1 is 0.636 bits per heavy atom. The van der Waals surface area contributed by atoms with Gasteiger partial charge in [-0.3, -0.25) is 19.2 Å². The van der Waals surface area contributed by atoms with Crippen LogP contribution in [-0.2, 0) is 39.8 Å². The van der Waals surface area contributed by atoms with Crippen molar-refractivity contribution in [2.75, 3.05) is 19.7 Å². The van der Waals surface area contributed by atoms with Crippen molar-refractivity contribution in [1.82, 2.24) is 31.9 Å². The maximum atomic E-state index is 14.1. The number of hydrogen-bond acceptors (Lipinski definition) is 11. The number of amides is 6. The van der Waals surface area contributed by atoms with E-state index in [1.165, 1.54) is 5.56 Å². The lowest BCUT2D eigenvalue weighted by atomic mass is 10.0. The fourth-order valence-corrected chi connectivity index (χ4v) is 6.28. The molecule has 0 aliphatic rings. The molecule has 5 atom stereocenters. The second-order valence-corrected chi connectivity index (χ2v) is 18.7. The van der Waals surface area contributed by atoms with E-state index in [-0.39, 0.29) is 50.4 Å². The number of aliphatic carboxylic acids is 1. The fourth-order valence-electron chi connectivity index (χ4n) is 6.28. The smallest absolute Gasteiger partial charge is 0.407 e. The highest BCUT2D eigenvalue weighted by Gasteiger charge is 2.34. The van der Waals surface area contributed by atoms with Crippen LogP contribution in [0, 0.1) is 5.92 Å². The van der Waals surface area contributed by atoms with E-state index in [1.807, 2.05) is 38.1 Å². The molecule has 66 heavy (non-hydrogen) atoms. The van der Waals surface area contributed by atoms with Crippen LogP contribution in [0.1, 0.15) is 130 Å². The van der Waals surface area contributed by atoms with E-state index in [0.717, 1.165) is 30.4 Å². The molecule has 0 aliphatic carbocycles. The van der Waals surface area contributed by atoms with Gasteiger partial charge in [-0.15, -0.1) is 0 Å². The van der Waals surface area contributed by atoms with Gasteiger partial charge in [0.1, 0.15) is 29.3 Å². The number of alkyl carbamates (subject to hydrolysis) is 2. The Hall–Kier alpha value is -5.75. The molecular formula is C48H75N7O11. The van der Waals surface area contributed by atoms with Gasteiger partial charge < -0.3 is 57.0 Å². The molecule has 9 N–H and O–H groups in total. The van der Waals surface area contributed by atoms with Crippen LogP contribution in [0.15, 0.2) is 48.5 Å². The maximum absolute atomic E-state index is 14.1. The van der Waals surface area contributed by atoms with Gasteiger partial charge in [0.05, 0.1) is 6.10 Å². The Morgan fingerprint density at radius 3 is 1.68 bits per heavy atom. The standard InChI is InChI=1S/C48H75N7O11/c1-11-12-16-32-19-21-33(22-20-32)34-23-25-35(26-24-34)40(56)52-36(18-15-28-51-46(63)66-48(8,9)10)41(57)54-38(31(4)64-29-30(2)3)42(58)55-39(49)43(59)53-37(44(60)61)17-13-14-27-50-45(62)65-47(5,6)7/h19-26,30-31,36-39H,11-18,27-29,49H2,1-10H3,(H,50,62)(H,51,63)(H,52,56)(H,53,59)(H,54,57)(H,55,58)(H,60,61)/t31-,36+,37+,38+,39-/m1/s1. The molecule has 18 heteroatoms. The molecule has 0 unspecified atom stereocenters. The molecule has 0 saturated carbocycles. The third-order valence-electron chi connectivity index (χ3n) is 9.74. The van der Waals surface area contributed by atoms with E-state index >= 15 is 0 Å². The van der Waals surface area contributed by atoms with Gasteiger partial charge in [0.2, 0.25) is 11.8 Å². The van der Waals surface area contributed by atoms with E-state index in [1.54, 1.807) is 60.6 Å². The molecule has 18 nitrogen and oxygen atoms in total. The normalized spacial score (nSPS) is 13.8. The summed E-state index contributed by atoms with van der Waals surface area (Å²) in [5, 5.41) is 25.1. The van der Waals surface area contributed by atoms with Gasteiger partial charge in [-0.2, -0.15) is 0 Å². The summed E-state index contributed by atoms with van der Waals surface area (Å²) < 4.78 is 16.4. The molecule has 0 heterocycles. The number of carbonyl (C=O) groups excluding carboxylic acids is 6. The summed E-state index contributed by atoms with van der Waals surface area (Å²) in [6.45, 7) is 18.4. The van der Waals surface area contributed by atoms with Crippen LogP contribution in [0.2, 0.25) is 0 Å². The van der Waals surface area contributed by atoms with Crippen molar-refractivity contribution in [2.45, 2.75) is 162 Å². The highest BCUT2D eigenvalue weighted by atomic mass is 16.6. The number of hydrogen-bond donors (Lipinski definition) is 8. The monoisotopic (exact) mass is 926 g/mol. The van der Waals surface area contributed by atoms with Crippen LogP contribution in [0.3, 0.4) is 0 Å². The first-order valence-corrected chi connectivity index (χ1v) is 22.8. The summed E-state index contributed by atoms with van der Waals surface area (Å²) in [5.74, 6) is -4.52. The molecule has 0 radical (unpaired) electrons. The molecule has 2 aromatic carbocycles. The van der Waals surface area contributed by atoms with Crippen LogP contribution in [0.4, 0.5) is 9.59 Å². The molecule has 2 aromatic rings. The minimum atomic E-state index is -1.73. The number of carboxylic acid groups (broad SMARTS) is 1. The zero-order valence-electron chi connectivity index (χ0n) is 40.5. The number of aryl methyl sites for hydroxylation is 1. The predicted octanol–water partition coefficient (Wildman–Crippen LogP) is 5.31. The topological polar surface area (TPSA) is 266 Å². The molecular weight excluding hydrogens is 851 g/mol. The minimum Gasteiger partial charge on any atom is -0.480 e. The molecule has 368 valence electrons. The summed E-state index contributed by atoms with van der Waals surface area (Å²) in [7, 11) is 0. The van der Waals surface area contributed by atoms with Gasteiger partial charge in [-0.25, -0.2) is 14.4 Å². The summed E-state index contributed by atoms with van der Waals surface area (Å²) in [6, 6.07) is 11.2. The number of carbonyl (C=O) groups is 7. The molecule has 0 bridgehead atoms. The van der Waals surface area contributed by atoms with E-state index in [0.29, 0.717) is 12.8 Å². The molecule has 0 fully saturated rings. The summed E-state index contributed by atoms with van der Waals surface area (Å²) >= 11 is 0. The number of nitrogens with two attached hydrogens (primary N) is 1. The predicted molar refractivity (Wildman–Crippen MR) is 251 cm³/mol. The van der Waals surface area contributed by atoms with Gasteiger partial charge in [0.25, 0.3) is 11.8 Å². The zero-order valence-corrected chi connectivity index (χ0v) is 40.5. The number of carboxylic acids is 1. The van der Waals surface area contributed by atoms with Crippen LogP contribution in [0.5, 0.6) is 0 Å². The third kappa shape index (κ3) is 22.4. The number of nitrogens with one attached hydrogen (secondary N) is 6. The van der Waals surface area contributed by atoms with Crippen molar-refractivity contribution in [3.8, 4) is 11.1 Å². The van der Waals surface area contributed by atoms with Crippen LogP contribution >= 0.6 is 0 Å². The summed E-state index contributed by atoms with van der Waals surface area (Å²) in [6.07, 6.45) is 0.177. The number of ether oxygens (including phenoxy) is 3. The van der Waals surface area contributed by atoms with Crippen molar-refractivity contribution < 1.29 is 52.9 Å². The molecule has 0 saturated heterocycles. The molecule has 0 aliphatic heterocycles. The van der Waals surface area contributed by atoms with E-state index in [9.17, 15) is 38.7 Å². The Balaban J connectivity index is 2.23. The average molecular weight is 926 g/mol. The van der Waals surface area contributed by atoms with E-state index < -0.39 is 83.4 Å².